The lowest BCUT2D eigenvalue weighted by atomic mass is 10.2. The summed E-state index contributed by atoms with van der Waals surface area (Å²) >= 11 is 3.14. The minimum absolute atomic E-state index is 0.110. The van der Waals surface area contributed by atoms with Crippen molar-refractivity contribution in [2.45, 2.75) is 0 Å². The maximum absolute atomic E-state index is 13.5. The highest BCUT2D eigenvalue weighted by Gasteiger charge is 2.09. The average molecular weight is 310 g/mol. The van der Waals surface area contributed by atoms with E-state index in [9.17, 15) is 9.18 Å². The Kier molecular flexibility index (Phi) is 3.57. The second-order valence-electron chi connectivity index (χ2n) is 3.55. The molecule has 0 atom stereocenters. The van der Waals surface area contributed by atoms with Crippen molar-refractivity contribution in [3.05, 3.63) is 52.4 Å². The molecule has 0 saturated heterocycles. The number of nitrogens with two attached hydrogens (primary N) is 1. The Morgan fingerprint density at radius 1 is 1.33 bits per heavy atom. The van der Waals surface area contributed by atoms with Crippen molar-refractivity contribution in [1.82, 2.24) is 4.98 Å². The second-order valence-corrected chi connectivity index (χ2v) is 4.46. The van der Waals surface area contributed by atoms with Crippen LogP contribution in [0.4, 0.5) is 15.9 Å². The van der Waals surface area contributed by atoms with Crippen LogP contribution < -0.4 is 11.1 Å². The fourth-order valence-corrected chi connectivity index (χ4v) is 1.71. The Balaban J connectivity index is 2.21. The molecule has 0 fully saturated rings. The number of carbonyl (C=O) groups is 1. The number of aromatic nitrogens is 1. The van der Waals surface area contributed by atoms with E-state index in [-0.39, 0.29) is 11.5 Å². The number of amides is 1. The van der Waals surface area contributed by atoms with E-state index in [1.54, 1.807) is 6.07 Å². The summed E-state index contributed by atoms with van der Waals surface area (Å²) in [6, 6.07) is 7.31. The Morgan fingerprint density at radius 3 is 2.78 bits per heavy atom. The molecule has 1 aromatic carbocycles. The first-order valence-corrected chi connectivity index (χ1v) is 5.83. The van der Waals surface area contributed by atoms with Crippen molar-refractivity contribution in [3.63, 3.8) is 0 Å². The molecule has 0 aliphatic rings. The second kappa shape index (κ2) is 5.14. The van der Waals surface area contributed by atoms with Crippen LogP contribution in [0.1, 0.15) is 10.4 Å². The highest BCUT2D eigenvalue weighted by molar-refractivity contribution is 9.10. The third-order valence-corrected chi connectivity index (χ3v) is 2.72. The number of rotatable bonds is 2. The molecule has 92 valence electrons. The molecule has 1 heterocycles. The van der Waals surface area contributed by atoms with E-state index < -0.39 is 11.7 Å². The van der Waals surface area contributed by atoms with Crippen LogP contribution in [-0.2, 0) is 0 Å². The van der Waals surface area contributed by atoms with Crippen LogP contribution in [0.15, 0.2) is 41.0 Å². The van der Waals surface area contributed by atoms with Crippen molar-refractivity contribution in [1.29, 1.82) is 0 Å². The summed E-state index contributed by atoms with van der Waals surface area (Å²) in [7, 11) is 0. The maximum Gasteiger partial charge on any atom is 0.255 e. The smallest absolute Gasteiger partial charge is 0.255 e. The highest BCUT2D eigenvalue weighted by atomic mass is 79.9. The molecule has 18 heavy (non-hydrogen) atoms. The summed E-state index contributed by atoms with van der Waals surface area (Å²) in [6.07, 6.45) is 1.42. The van der Waals surface area contributed by atoms with Crippen LogP contribution >= 0.6 is 15.9 Å². The normalized spacial score (nSPS) is 10.1. The first-order valence-electron chi connectivity index (χ1n) is 5.04. The van der Waals surface area contributed by atoms with Crippen LogP contribution in [0.3, 0.4) is 0 Å². The minimum atomic E-state index is -0.514. The van der Waals surface area contributed by atoms with Crippen molar-refractivity contribution in [2.75, 3.05) is 11.1 Å². The van der Waals surface area contributed by atoms with Gasteiger partial charge in [0.2, 0.25) is 0 Å². The number of hydrogen-bond donors (Lipinski definition) is 2. The lowest BCUT2D eigenvalue weighted by Crippen LogP contribution is -2.13. The Bertz CT molecular complexity index is 604. The van der Waals surface area contributed by atoms with Gasteiger partial charge in [-0.25, -0.2) is 9.37 Å². The van der Waals surface area contributed by atoms with E-state index in [0.29, 0.717) is 10.0 Å². The molecular weight excluding hydrogens is 301 g/mol. The number of hydrogen-bond acceptors (Lipinski definition) is 3. The minimum Gasteiger partial charge on any atom is -0.384 e. The molecule has 0 saturated carbocycles. The van der Waals surface area contributed by atoms with Gasteiger partial charge >= 0.3 is 0 Å². The van der Waals surface area contributed by atoms with Crippen LogP contribution in [0.5, 0.6) is 0 Å². The van der Waals surface area contributed by atoms with Gasteiger partial charge in [-0.15, -0.1) is 0 Å². The molecule has 6 heteroatoms. The molecule has 4 nitrogen and oxygen atoms in total. The third-order valence-electron chi connectivity index (χ3n) is 2.22. The molecular formula is C12H9BrFN3O. The lowest BCUT2D eigenvalue weighted by Gasteiger charge is -2.06. The summed E-state index contributed by atoms with van der Waals surface area (Å²) in [6.45, 7) is 0. The van der Waals surface area contributed by atoms with E-state index >= 15 is 0 Å². The SMILES string of the molecule is Nc1cc(C(=O)Nc2ccc(Br)cc2F)ccn1. The Morgan fingerprint density at radius 2 is 2.11 bits per heavy atom. The molecule has 0 bridgehead atoms. The van der Waals surface area contributed by atoms with Crippen molar-refractivity contribution in [3.8, 4) is 0 Å². The quantitative estimate of drug-likeness (QED) is 0.896. The third kappa shape index (κ3) is 2.84. The molecule has 0 spiro atoms. The van der Waals surface area contributed by atoms with E-state index in [2.05, 4.69) is 26.2 Å². The number of carbonyl (C=O) groups excluding carboxylic acids is 1. The van der Waals surface area contributed by atoms with Crippen molar-refractivity contribution < 1.29 is 9.18 Å². The van der Waals surface area contributed by atoms with Crippen LogP contribution in [-0.4, -0.2) is 10.9 Å². The predicted molar refractivity (Wildman–Crippen MR) is 70.7 cm³/mol. The highest BCUT2D eigenvalue weighted by Crippen LogP contribution is 2.20. The van der Waals surface area contributed by atoms with Gasteiger partial charge in [-0.05, 0) is 30.3 Å². The first-order chi connectivity index (χ1) is 8.56. The van der Waals surface area contributed by atoms with E-state index in [1.165, 1.54) is 30.5 Å². The predicted octanol–water partition coefficient (Wildman–Crippen LogP) is 2.82. The summed E-state index contributed by atoms with van der Waals surface area (Å²) in [5, 5.41) is 2.46. The van der Waals surface area contributed by atoms with Gasteiger partial charge < -0.3 is 11.1 Å². The molecule has 2 aromatic rings. The van der Waals surface area contributed by atoms with Crippen LogP contribution in [0.25, 0.3) is 0 Å². The molecule has 0 aliphatic carbocycles. The van der Waals surface area contributed by atoms with Crippen molar-refractivity contribution >= 4 is 33.3 Å². The fourth-order valence-electron chi connectivity index (χ4n) is 1.37. The van der Waals surface area contributed by atoms with Gasteiger partial charge in [0, 0.05) is 16.2 Å². The van der Waals surface area contributed by atoms with Gasteiger partial charge in [-0.2, -0.15) is 0 Å². The van der Waals surface area contributed by atoms with Crippen LogP contribution in [0.2, 0.25) is 0 Å². The molecule has 1 aromatic heterocycles. The fraction of sp³-hybridized carbons (Fsp3) is 0. The topological polar surface area (TPSA) is 68.0 Å². The Hall–Kier alpha value is -1.95. The largest absolute Gasteiger partial charge is 0.384 e. The zero-order valence-corrected chi connectivity index (χ0v) is 10.7. The zero-order valence-electron chi connectivity index (χ0n) is 9.15. The molecule has 3 N–H and O–H groups in total. The lowest BCUT2D eigenvalue weighted by molar-refractivity contribution is 0.102. The van der Waals surface area contributed by atoms with E-state index in [1.807, 2.05) is 0 Å². The van der Waals surface area contributed by atoms with Gasteiger partial charge in [0.15, 0.2) is 0 Å². The number of nitrogens with zero attached hydrogens (tertiary/aromatic N) is 1. The van der Waals surface area contributed by atoms with Gasteiger partial charge in [0.25, 0.3) is 5.91 Å². The summed E-state index contributed by atoms with van der Waals surface area (Å²) in [4.78, 5) is 15.6. The molecule has 2 rings (SSSR count). The first kappa shape index (κ1) is 12.5. The Labute approximate surface area is 111 Å². The van der Waals surface area contributed by atoms with E-state index in [0.717, 1.165) is 0 Å². The van der Waals surface area contributed by atoms with Gasteiger partial charge in [0.05, 0.1) is 5.69 Å². The van der Waals surface area contributed by atoms with Gasteiger partial charge in [-0.3, -0.25) is 4.79 Å². The number of nitrogens with one attached hydrogen (secondary N) is 1. The monoisotopic (exact) mass is 309 g/mol. The average Bonchev–Trinajstić information content (AvgIpc) is 2.32. The summed E-state index contributed by atoms with van der Waals surface area (Å²) < 4.78 is 14.1. The van der Waals surface area contributed by atoms with Crippen molar-refractivity contribution in [2.24, 2.45) is 0 Å². The molecule has 1 amide bonds. The zero-order chi connectivity index (χ0) is 13.1. The van der Waals surface area contributed by atoms with Crippen LogP contribution in [0, 0.1) is 5.82 Å². The number of nitrogen functional groups attached to an aromatic ring is 1. The maximum atomic E-state index is 13.5. The number of anilines is 2. The van der Waals surface area contributed by atoms with Gasteiger partial charge in [-0.1, -0.05) is 15.9 Å². The van der Waals surface area contributed by atoms with E-state index in [4.69, 9.17) is 5.73 Å². The molecule has 0 unspecified atom stereocenters. The standard InChI is InChI=1S/C12H9BrFN3O/c13-8-1-2-10(9(14)6-8)17-12(18)7-3-4-16-11(15)5-7/h1-6H,(H2,15,16)(H,17,18). The van der Waals surface area contributed by atoms with Gasteiger partial charge in [0.1, 0.15) is 11.6 Å². The number of benzene rings is 1. The summed E-state index contributed by atoms with van der Waals surface area (Å²) in [5.41, 5.74) is 5.90. The number of pyridine rings is 1. The number of halogens is 2. The molecule has 0 aliphatic heterocycles. The molecule has 0 radical (unpaired) electrons. The summed E-state index contributed by atoms with van der Waals surface area (Å²) in [5.74, 6) is -0.719.